The molecular weight excluding hydrogens is 318 g/mol. The van der Waals surface area contributed by atoms with Crippen molar-refractivity contribution in [3.8, 4) is 11.3 Å². The fourth-order valence-electron chi connectivity index (χ4n) is 3.01. The molecule has 0 radical (unpaired) electrons. The fourth-order valence-corrected chi connectivity index (χ4v) is 3.94. The Hall–Kier alpha value is -2.20. The summed E-state index contributed by atoms with van der Waals surface area (Å²) in [5.41, 5.74) is 4.01. The van der Waals surface area contributed by atoms with Gasteiger partial charge in [0.05, 0.1) is 16.8 Å². The van der Waals surface area contributed by atoms with Crippen LogP contribution in [0.1, 0.15) is 45.4 Å². The summed E-state index contributed by atoms with van der Waals surface area (Å²) in [6.07, 6.45) is 3.20. The van der Waals surface area contributed by atoms with Crippen LogP contribution in [0.5, 0.6) is 0 Å². The first kappa shape index (κ1) is 16.7. The average Bonchev–Trinajstić information content (AvgIpc) is 2.90. The highest BCUT2D eigenvalue weighted by atomic mass is 32.1. The number of aromatic carboxylic acids is 1. The summed E-state index contributed by atoms with van der Waals surface area (Å²) in [5.74, 6) is -0.902. The Labute approximate surface area is 146 Å². The number of nitrogens with zero attached hydrogens (tertiary/aromatic N) is 1. The smallest absolute Gasteiger partial charge is 0.336 e. The largest absolute Gasteiger partial charge is 0.478 e. The SMILES string of the molecule is CCCCc1ccc2nc(-c3cc(C)sc3C)cc(C(=O)O)c2c1. The molecule has 0 atom stereocenters. The quantitative estimate of drug-likeness (QED) is 0.656. The number of carboxylic acid groups (broad SMARTS) is 1. The molecule has 2 heterocycles. The third-order valence-corrected chi connectivity index (χ3v) is 5.21. The minimum Gasteiger partial charge on any atom is -0.478 e. The Bertz CT molecular complexity index is 911. The number of fused-ring (bicyclic) bond motifs is 1. The van der Waals surface area contributed by atoms with E-state index in [1.807, 2.05) is 19.1 Å². The number of unbranched alkanes of at least 4 members (excludes halogenated alkanes) is 1. The van der Waals surface area contributed by atoms with E-state index in [-0.39, 0.29) is 0 Å². The zero-order valence-electron chi connectivity index (χ0n) is 14.2. The van der Waals surface area contributed by atoms with Gasteiger partial charge >= 0.3 is 5.97 Å². The molecule has 0 spiro atoms. The number of carbonyl (C=O) groups is 1. The molecule has 0 bridgehead atoms. The number of pyridine rings is 1. The average molecular weight is 339 g/mol. The van der Waals surface area contributed by atoms with Gasteiger partial charge in [0.2, 0.25) is 0 Å². The Morgan fingerprint density at radius 1 is 1.21 bits per heavy atom. The van der Waals surface area contributed by atoms with Crippen LogP contribution in [0, 0.1) is 13.8 Å². The standard InChI is InChI=1S/C20H21NO2S/c1-4-5-6-14-7-8-18-16(10-14)17(20(22)23)11-19(21-18)15-9-12(2)24-13(15)3/h7-11H,4-6H2,1-3H3,(H,22,23). The Balaban J connectivity index is 2.18. The van der Waals surface area contributed by atoms with E-state index in [1.165, 1.54) is 10.4 Å². The molecule has 0 saturated heterocycles. The van der Waals surface area contributed by atoms with Gasteiger partial charge in [-0.2, -0.15) is 0 Å². The molecule has 0 aliphatic rings. The van der Waals surface area contributed by atoms with Gasteiger partial charge in [-0.25, -0.2) is 9.78 Å². The van der Waals surface area contributed by atoms with Gasteiger partial charge in [-0.15, -0.1) is 11.3 Å². The molecule has 0 saturated carbocycles. The van der Waals surface area contributed by atoms with Crippen LogP contribution in [0.15, 0.2) is 30.3 Å². The molecule has 0 aliphatic heterocycles. The second kappa shape index (κ2) is 6.73. The first-order chi connectivity index (χ1) is 11.5. The summed E-state index contributed by atoms with van der Waals surface area (Å²) in [6.45, 7) is 6.26. The number of aromatic nitrogens is 1. The minimum atomic E-state index is -0.902. The van der Waals surface area contributed by atoms with Gasteiger partial charge in [0.15, 0.2) is 0 Å². The Morgan fingerprint density at radius 3 is 2.62 bits per heavy atom. The van der Waals surface area contributed by atoms with Crippen LogP contribution in [-0.4, -0.2) is 16.1 Å². The van der Waals surface area contributed by atoms with Gasteiger partial charge in [0.1, 0.15) is 0 Å². The van der Waals surface area contributed by atoms with Gasteiger partial charge in [-0.1, -0.05) is 19.4 Å². The normalized spacial score (nSPS) is 11.1. The summed E-state index contributed by atoms with van der Waals surface area (Å²) < 4.78 is 0. The molecule has 124 valence electrons. The van der Waals surface area contributed by atoms with Crippen LogP contribution in [0.4, 0.5) is 0 Å². The number of benzene rings is 1. The van der Waals surface area contributed by atoms with Gasteiger partial charge in [0, 0.05) is 20.7 Å². The molecule has 4 heteroatoms. The summed E-state index contributed by atoms with van der Waals surface area (Å²) in [7, 11) is 0. The lowest BCUT2D eigenvalue weighted by atomic mass is 10.0. The second-order valence-corrected chi connectivity index (χ2v) is 7.60. The van der Waals surface area contributed by atoms with E-state index >= 15 is 0 Å². The summed E-state index contributed by atoms with van der Waals surface area (Å²) >= 11 is 1.71. The molecule has 1 aromatic carbocycles. The van der Waals surface area contributed by atoms with Gasteiger partial charge in [-0.3, -0.25) is 0 Å². The summed E-state index contributed by atoms with van der Waals surface area (Å²) in [4.78, 5) is 18.9. The van der Waals surface area contributed by atoms with Crippen molar-refractivity contribution >= 4 is 28.2 Å². The lowest BCUT2D eigenvalue weighted by molar-refractivity contribution is 0.0699. The van der Waals surface area contributed by atoms with Crippen LogP contribution in [0.25, 0.3) is 22.2 Å². The van der Waals surface area contributed by atoms with E-state index in [0.29, 0.717) is 5.56 Å². The molecule has 2 aromatic heterocycles. The van der Waals surface area contributed by atoms with Gasteiger partial charge in [0.25, 0.3) is 0 Å². The predicted octanol–water partition coefficient (Wildman–Crippen LogP) is 5.62. The van der Waals surface area contributed by atoms with Crippen molar-refractivity contribution in [2.24, 2.45) is 0 Å². The highest BCUT2D eigenvalue weighted by molar-refractivity contribution is 7.12. The molecule has 3 nitrogen and oxygen atoms in total. The van der Waals surface area contributed by atoms with Crippen molar-refractivity contribution in [3.63, 3.8) is 0 Å². The second-order valence-electron chi connectivity index (χ2n) is 6.14. The highest BCUT2D eigenvalue weighted by Crippen LogP contribution is 2.32. The molecular formula is C20H21NO2S. The van der Waals surface area contributed by atoms with Crippen molar-refractivity contribution < 1.29 is 9.90 Å². The Kier molecular flexibility index (Phi) is 4.67. The molecule has 0 aliphatic carbocycles. The minimum absolute atomic E-state index is 0.330. The lowest BCUT2D eigenvalue weighted by Gasteiger charge is -2.09. The summed E-state index contributed by atoms with van der Waals surface area (Å²) in [6, 6.07) is 9.78. The third-order valence-electron chi connectivity index (χ3n) is 4.24. The molecule has 1 N–H and O–H groups in total. The topological polar surface area (TPSA) is 50.2 Å². The molecule has 3 aromatic rings. The Morgan fingerprint density at radius 2 is 2.00 bits per heavy atom. The maximum atomic E-state index is 11.8. The maximum Gasteiger partial charge on any atom is 0.336 e. The molecule has 24 heavy (non-hydrogen) atoms. The maximum absolute atomic E-state index is 11.8. The van der Waals surface area contributed by atoms with E-state index in [2.05, 4.69) is 26.0 Å². The van der Waals surface area contributed by atoms with Gasteiger partial charge in [-0.05, 0) is 56.5 Å². The van der Waals surface area contributed by atoms with Crippen molar-refractivity contribution in [3.05, 3.63) is 51.2 Å². The van der Waals surface area contributed by atoms with E-state index in [9.17, 15) is 9.90 Å². The van der Waals surface area contributed by atoms with E-state index in [4.69, 9.17) is 4.98 Å². The number of hydrogen-bond donors (Lipinski definition) is 1. The van der Waals surface area contributed by atoms with Gasteiger partial charge < -0.3 is 5.11 Å². The first-order valence-corrected chi connectivity index (χ1v) is 9.05. The fraction of sp³-hybridized carbons (Fsp3) is 0.300. The van der Waals surface area contributed by atoms with Crippen molar-refractivity contribution in [1.82, 2.24) is 4.98 Å². The monoisotopic (exact) mass is 339 g/mol. The predicted molar refractivity (Wildman–Crippen MR) is 100 cm³/mol. The number of rotatable bonds is 5. The number of thiophene rings is 1. The zero-order valence-corrected chi connectivity index (χ0v) is 15.0. The highest BCUT2D eigenvalue weighted by Gasteiger charge is 2.15. The molecule has 0 fully saturated rings. The van der Waals surface area contributed by atoms with Crippen LogP contribution >= 0.6 is 11.3 Å². The number of hydrogen-bond acceptors (Lipinski definition) is 3. The molecule has 0 unspecified atom stereocenters. The van der Waals surface area contributed by atoms with Crippen LogP contribution in [0.2, 0.25) is 0 Å². The van der Waals surface area contributed by atoms with Crippen LogP contribution in [-0.2, 0) is 6.42 Å². The van der Waals surface area contributed by atoms with Crippen LogP contribution in [0.3, 0.4) is 0 Å². The molecule has 0 amide bonds. The number of aryl methyl sites for hydroxylation is 3. The first-order valence-electron chi connectivity index (χ1n) is 8.24. The lowest BCUT2D eigenvalue weighted by Crippen LogP contribution is -2.01. The van der Waals surface area contributed by atoms with E-state index in [0.717, 1.165) is 46.3 Å². The third kappa shape index (κ3) is 3.20. The van der Waals surface area contributed by atoms with E-state index < -0.39 is 5.97 Å². The van der Waals surface area contributed by atoms with Crippen molar-refractivity contribution in [1.29, 1.82) is 0 Å². The van der Waals surface area contributed by atoms with Crippen molar-refractivity contribution in [2.45, 2.75) is 40.0 Å². The van der Waals surface area contributed by atoms with E-state index in [1.54, 1.807) is 17.4 Å². The van der Waals surface area contributed by atoms with Crippen molar-refractivity contribution in [2.75, 3.05) is 0 Å². The zero-order chi connectivity index (χ0) is 17.3. The molecule has 3 rings (SSSR count). The van der Waals surface area contributed by atoms with Crippen LogP contribution < -0.4 is 0 Å². The number of carboxylic acids is 1. The summed E-state index contributed by atoms with van der Waals surface area (Å²) in [5, 5.41) is 10.4.